The van der Waals surface area contributed by atoms with E-state index < -0.39 is 0 Å². The van der Waals surface area contributed by atoms with Crippen LogP contribution < -0.4 is 5.32 Å². The fourth-order valence-corrected chi connectivity index (χ4v) is 2.70. The number of rotatable bonds is 3. The molecule has 0 saturated heterocycles. The van der Waals surface area contributed by atoms with Crippen LogP contribution >= 0.6 is 11.3 Å². The van der Waals surface area contributed by atoms with Crippen LogP contribution in [-0.2, 0) is 0 Å². The number of hydrogen-bond acceptors (Lipinski definition) is 4. The molecule has 0 bridgehead atoms. The van der Waals surface area contributed by atoms with Gasteiger partial charge < -0.3 is 10.4 Å². The molecule has 4 nitrogen and oxygen atoms in total. The maximum Gasteiger partial charge on any atom is 0.255 e. The van der Waals surface area contributed by atoms with E-state index in [0.717, 1.165) is 16.3 Å². The van der Waals surface area contributed by atoms with Gasteiger partial charge >= 0.3 is 0 Å². The van der Waals surface area contributed by atoms with Crippen molar-refractivity contribution in [3.05, 3.63) is 64.5 Å². The smallest absolute Gasteiger partial charge is 0.255 e. The SMILES string of the molecule is Cc1nc(-c2ccc(C(=O)Nc3cccc(O)c3)cc2)cs1. The Labute approximate surface area is 132 Å². The average molecular weight is 310 g/mol. The van der Waals surface area contributed by atoms with Gasteiger partial charge in [-0.2, -0.15) is 0 Å². The van der Waals surface area contributed by atoms with E-state index in [-0.39, 0.29) is 11.7 Å². The maximum absolute atomic E-state index is 12.2. The molecular weight excluding hydrogens is 296 g/mol. The first-order valence-corrected chi connectivity index (χ1v) is 7.63. The molecule has 110 valence electrons. The lowest BCUT2D eigenvalue weighted by molar-refractivity contribution is 0.102. The number of aromatic nitrogens is 1. The van der Waals surface area contributed by atoms with Gasteiger partial charge in [-0.1, -0.05) is 18.2 Å². The van der Waals surface area contributed by atoms with Gasteiger partial charge in [0.1, 0.15) is 5.75 Å². The Balaban J connectivity index is 1.76. The van der Waals surface area contributed by atoms with Crippen molar-refractivity contribution in [1.29, 1.82) is 0 Å². The summed E-state index contributed by atoms with van der Waals surface area (Å²) in [6.07, 6.45) is 0. The number of phenols is 1. The second kappa shape index (κ2) is 5.99. The Kier molecular flexibility index (Phi) is 3.89. The predicted octanol–water partition coefficient (Wildman–Crippen LogP) is 4.08. The molecule has 1 heterocycles. The van der Waals surface area contributed by atoms with Crippen molar-refractivity contribution in [2.24, 2.45) is 0 Å². The van der Waals surface area contributed by atoms with Gasteiger partial charge in [0.05, 0.1) is 10.7 Å². The second-order valence-corrected chi connectivity index (χ2v) is 5.90. The summed E-state index contributed by atoms with van der Waals surface area (Å²) in [6, 6.07) is 13.8. The highest BCUT2D eigenvalue weighted by atomic mass is 32.1. The third-order valence-corrected chi connectivity index (χ3v) is 3.94. The Bertz CT molecular complexity index is 810. The minimum atomic E-state index is -0.216. The number of hydrogen-bond donors (Lipinski definition) is 2. The lowest BCUT2D eigenvalue weighted by Gasteiger charge is -2.06. The molecule has 2 N–H and O–H groups in total. The molecule has 0 spiro atoms. The molecule has 0 saturated carbocycles. The van der Waals surface area contributed by atoms with E-state index in [2.05, 4.69) is 10.3 Å². The summed E-state index contributed by atoms with van der Waals surface area (Å²) >= 11 is 1.60. The number of nitrogens with one attached hydrogen (secondary N) is 1. The molecule has 0 aliphatic heterocycles. The molecule has 0 fully saturated rings. The molecular formula is C17H14N2O2S. The Morgan fingerprint density at radius 1 is 1.18 bits per heavy atom. The van der Waals surface area contributed by atoms with Crippen molar-refractivity contribution in [2.45, 2.75) is 6.92 Å². The Morgan fingerprint density at radius 3 is 2.59 bits per heavy atom. The van der Waals surface area contributed by atoms with Gasteiger partial charge in [-0.25, -0.2) is 4.98 Å². The van der Waals surface area contributed by atoms with Crippen LogP contribution in [0.2, 0.25) is 0 Å². The van der Waals surface area contributed by atoms with Gasteiger partial charge in [0.2, 0.25) is 0 Å². The monoisotopic (exact) mass is 310 g/mol. The van der Waals surface area contributed by atoms with Crippen LogP contribution in [0.1, 0.15) is 15.4 Å². The van der Waals surface area contributed by atoms with Crippen LogP contribution in [0.4, 0.5) is 5.69 Å². The highest BCUT2D eigenvalue weighted by Gasteiger charge is 2.08. The lowest BCUT2D eigenvalue weighted by Crippen LogP contribution is -2.11. The van der Waals surface area contributed by atoms with E-state index in [1.807, 2.05) is 24.4 Å². The molecule has 3 rings (SSSR count). The van der Waals surface area contributed by atoms with Gasteiger partial charge in [0, 0.05) is 28.3 Å². The lowest BCUT2D eigenvalue weighted by atomic mass is 10.1. The molecule has 22 heavy (non-hydrogen) atoms. The van der Waals surface area contributed by atoms with E-state index >= 15 is 0 Å². The first kappa shape index (κ1) is 14.3. The summed E-state index contributed by atoms with van der Waals surface area (Å²) in [5.41, 5.74) is 3.02. The van der Waals surface area contributed by atoms with E-state index in [1.54, 1.807) is 41.7 Å². The van der Waals surface area contributed by atoms with Crippen LogP contribution in [0.15, 0.2) is 53.9 Å². The molecule has 1 amide bonds. The first-order chi connectivity index (χ1) is 10.6. The van der Waals surface area contributed by atoms with Gasteiger partial charge in [-0.15, -0.1) is 11.3 Å². The quantitative estimate of drug-likeness (QED) is 0.766. The van der Waals surface area contributed by atoms with Crippen LogP contribution in [0.5, 0.6) is 5.75 Å². The standard InChI is InChI=1S/C17H14N2O2S/c1-11-18-16(10-22-11)12-5-7-13(8-6-12)17(21)19-14-3-2-4-15(20)9-14/h2-10,20H,1H3,(H,19,21). The van der Waals surface area contributed by atoms with Gasteiger partial charge in [-0.3, -0.25) is 4.79 Å². The second-order valence-electron chi connectivity index (χ2n) is 4.83. The largest absolute Gasteiger partial charge is 0.508 e. The fourth-order valence-electron chi connectivity index (χ4n) is 2.08. The third-order valence-electron chi connectivity index (χ3n) is 3.17. The number of carbonyl (C=O) groups is 1. The maximum atomic E-state index is 12.2. The average Bonchev–Trinajstić information content (AvgIpc) is 2.94. The third kappa shape index (κ3) is 3.15. The van der Waals surface area contributed by atoms with Crippen LogP contribution in [0.25, 0.3) is 11.3 Å². The number of aryl methyl sites for hydroxylation is 1. The predicted molar refractivity (Wildman–Crippen MR) is 88.3 cm³/mol. The molecule has 0 radical (unpaired) electrons. The van der Waals surface area contributed by atoms with E-state index in [4.69, 9.17) is 0 Å². The molecule has 0 unspecified atom stereocenters. The minimum Gasteiger partial charge on any atom is -0.508 e. The van der Waals surface area contributed by atoms with Crippen molar-refractivity contribution in [1.82, 2.24) is 4.98 Å². The van der Waals surface area contributed by atoms with Crippen LogP contribution in [0, 0.1) is 6.92 Å². The fraction of sp³-hybridized carbons (Fsp3) is 0.0588. The zero-order valence-electron chi connectivity index (χ0n) is 11.9. The minimum absolute atomic E-state index is 0.118. The van der Waals surface area contributed by atoms with Crippen molar-refractivity contribution >= 4 is 22.9 Å². The summed E-state index contributed by atoms with van der Waals surface area (Å²) in [6.45, 7) is 1.96. The van der Waals surface area contributed by atoms with Crippen LogP contribution in [0.3, 0.4) is 0 Å². The van der Waals surface area contributed by atoms with Gasteiger partial charge in [0.15, 0.2) is 0 Å². The normalized spacial score (nSPS) is 10.4. The number of carbonyl (C=O) groups excluding carboxylic acids is 1. The van der Waals surface area contributed by atoms with Crippen LogP contribution in [-0.4, -0.2) is 16.0 Å². The molecule has 2 aromatic carbocycles. The molecule has 5 heteroatoms. The zero-order valence-corrected chi connectivity index (χ0v) is 12.7. The number of anilines is 1. The van der Waals surface area contributed by atoms with E-state index in [0.29, 0.717) is 11.3 Å². The van der Waals surface area contributed by atoms with Crippen molar-refractivity contribution in [3.8, 4) is 17.0 Å². The number of benzene rings is 2. The van der Waals surface area contributed by atoms with Gasteiger partial charge in [0.25, 0.3) is 5.91 Å². The van der Waals surface area contributed by atoms with E-state index in [9.17, 15) is 9.90 Å². The Hall–Kier alpha value is -2.66. The molecule has 0 aliphatic carbocycles. The highest BCUT2D eigenvalue weighted by Crippen LogP contribution is 2.22. The molecule has 0 atom stereocenters. The summed E-state index contributed by atoms with van der Waals surface area (Å²) < 4.78 is 0. The van der Waals surface area contributed by atoms with Crippen molar-refractivity contribution in [3.63, 3.8) is 0 Å². The summed E-state index contributed by atoms with van der Waals surface area (Å²) in [5.74, 6) is -0.0985. The van der Waals surface area contributed by atoms with E-state index in [1.165, 1.54) is 6.07 Å². The zero-order chi connectivity index (χ0) is 15.5. The van der Waals surface area contributed by atoms with Gasteiger partial charge in [-0.05, 0) is 31.2 Å². The number of phenolic OH excluding ortho intramolecular Hbond substituents is 1. The number of amides is 1. The number of aromatic hydroxyl groups is 1. The van der Waals surface area contributed by atoms with Crippen molar-refractivity contribution in [2.75, 3.05) is 5.32 Å². The summed E-state index contributed by atoms with van der Waals surface area (Å²) in [5, 5.41) is 15.2. The number of thiazole rings is 1. The van der Waals surface area contributed by atoms with Crippen molar-refractivity contribution < 1.29 is 9.90 Å². The topological polar surface area (TPSA) is 62.2 Å². The Morgan fingerprint density at radius 2 is 1.95 bits per heavy atom. The summed E-state index contributed by atoms with van der Waals surface area (Å²) in [4.78, 5) is 16.6. The summed E-state index contributed by atoms with van der Waals surface area (Å²) in [7, 11) is 0. The molecule has 3 aromatic rings. The molecule has 0 aliphatic rings. The highest BCUT2D eigenvalue weighted by molar-refractivity contribution is 7.09. The first-order valence-electron chi connectivity index (χ1n) is 6.75. The number of nitrogens with zero attached hydrogens (tertiary/aromatic N) is 1. The molecule has 1 aromatic heterocycles.